The molecule has 0 bridgehead atoms. The van der Waals surface area contributed by atoms with Gasteiger partial charge in [-0.15, -0.1) is 11.3 Å². The van der Waals surface area contributed by atoms with Crippen LogP contribution in [0, 0.1) is 6.92 Å². The lowest BCUT2D eigenvalue weighted by Gasteiger charge is -2.13. The van der Waals surface area contributed by atoms with E-state index in [-0.39, 0.29) is 12.1 Å². The van der Waals surface area contributed by atoms with Crippen LogP contribution in [-0.4, -0.2) is 21.5 Å². The fourth-order valence-corrected chi connectivity index (χ4v) is 3.42. The number of amides is 2. The minimum absolute atomic E-state index is 0.148. The van der Waals surface area contributed by atoms with E-state index in [9.17, 15) is 9.00 Å². The fraction of sp³-hybridized carbons (Fsp3) is 0.333. The second-order valence-electron chi connectivity index (χ2n) is 5.07. The first-order valence-corrected chi connectivity index (χ1v) is 9.43. The fourth-order valence-electron chi connectivity index (χ4n) is 1.97. The summed E-state index contributed by atoms with van der Waals surface area (Å²) in [6.07, 6.45) is 1.66. The van der Waals surface area contributed by atoms with Crippen LogP contribution in [-0.2, 0) is 16.6 Å². The van der Waals surface area contributed by atoms with E-state index in [0.29, 0.717) is 11.4 Å². The number of nitrogens with one attached hydrogen (secondary N) is 2. The van der Waals surface area contributed by atoms with Gasteiger partial charge in [-0.05, 0) is 31.5 Å². The number of thiazole rings is 1. The average Bonchev–Trinajstić information content (AvgIpc) is 2.85. The summed E-state index contributed by atoms with van der Waals surface area (Å²) in [5.41, 5.74) is 2.57. The SMILES string of the molecule is Cc1csc([C@@H](C)NC(=O)Nc2cccc(C[S@](C)=O)c2)n1. The molecule has 7 heteroatoms. The molecule has 2 atom stereocenters. The molecule has 0 aliphatic heterocycles. The number of hydrogen-bond acceptors (Lipinski definition) is 4. The normalized spacial score (nSPS) is 13.4. The van der Waals surface area contributed by atoms with E-state index in [4.69, 9.17) is 0 Å². The van der Waals surface area contributed by atoms with Gasteiger partial charge in [-0.25, -0.2) is 9.78 Å². The van der Waals surface area contributed by atoms with E-state index in [1.165, 1.54) is 11.3 Å². The van der Waals surface area contributed by atoms with E-state index < -0.39 is 10.8 Å². The van der Waals surface area contributed by atoms with Crippen LogP contribution < -0.4 is 10.6 Å². The molecule has 2 aromatic rings. The Balaban J connectivity index is 1.95. The summed E-state index contributed by atoms with van der Waals surface area (Å²) in [7, 11) is -0.904. The Hall–Kier alpha value is -1.73. The summed E-state index contributed by atoms with van der Waals surface area (Å²) in [6, 6.07) is 6.94. The van der Waals surface area contributed by atoms with Gasteiger partial charge < -0.3 is 10.6 Å². The second kappa shape index (κ2) is 7.51. The third-order valence-electron chi connectivity index (χ3n) is 2.91. The van der Waals surface area contributed by atoms with Crippen LogP contribution in [0.1, 0.15) is 29.2 Å². The third kappa shape index (κ3) is 4.92. The summed E-state index contributed by atoms with van der Waals surface area (Å²) in [6.45, 7) is 3.82. The van der Waals surface area contributed by atoms with Crippen molar-refractivity contribution in [2.45, 2.75) is 25.6 Å². The number of carbonyl (C=O) groups excluding carboxylic acids is 1. The Morgan fingerprint density at radius 1 is 1.45 bits per heavy atom. The molecule has 5 nitrogen and oxygen atoms in total. The first-order valence-electron chi connectivity index (χ1n) is 6.82. The summed E-state index contributed by atoms with van der Waals surface area (Å²) >= 11 is 1.53. The van der Waals surface area contributed by atoms with Gasteiger partial charge in [-0.2, -0.15) is 0 Å². The third-order valence-corrected chi connectivity index (χ3v) is 4.79. The lowest BCUT2D eigenvalue weighted by molar-refractivity contribution is 0.249. The van der Waals surface area contributed by atoms with E-state index >= 15 is 0 Å². The van der Waals surface area contributed by atoms with E-state index in [2.05, 4.69) is 15.6 Å². The van der Waals surface area contributed by atoms with Crippen molar-refractivity contribution >= 4 is 33.9 Å². The predicted molar refractivity (Wildman–Crippen MR) is 91.6 cm³/mol. The summed E-state index contributed by atoms with van der Waals surface area (Å²) in [5.74, 6) is 0.478. The molecule has 0 aliphatic carbocycles. The highest BCUT2D eigenvalue weighted by atomic mass is 32.2. The zero-order valence-electron chi connectivity index (χ0n) is 12.8. The van der Waals surface area contributed by atoms with E-state index in [1.807, 2.05) is 37.4 Å². The maximum Gasteiger partial charge on any atom is 0.319 e. The molecule has 2 rings (SSSR count). The highest BCUT2D eigenvalue weighted by Gasteiger charge is 2.12. The number of rotatable bonds is 5. The van der Waals surface area contributed by atoms with Crippen molar-refractivity contribution in [3.63, 3.8) is 0 Å². The monoisotopic (exact) mass is 337 g/mol. The van der Waals surface area contributed by atoms with Gasteiger partial charge in [0.15, 0.2) is 0 Å². The smallest absolute Gasteiger partial charge is 0.319 e. The molecule has 1 aromatic carbocycles. The lowest BCUT2D eigenvalue weighted by Crippen LogP contribution is -2.31. The molecule has 0 saturated carbocycles. The Morgan fingerprint density at radius 3 is 2.86 bits per heavy atom. The van der Waals surface area contributed by atoms with Crippen molar-refractivity contribution in [1.29, 1.82) is 0 Å². The quantitative estimate of drug-likeness (QED) is 0.880. The first kappa shape index (κ1) is 16.6. The highest BCUT2D eigenvalue weighted by Crippen LogP contribution is 2.18. The number of nitrogens with zero attached hydrogens (tertiary/aromatic N) is 1. The number of benzene rings is 1. The maximum atomic E-state index is 12.0. The number of aromatic nitrogens is 1. The van der Waals surface area contributed by atoms with Crippen LogP contribution in [0.5, 0.6) is 0 Å². The summed E-state index contributed by atoms with van der Waals surface area (Å²) in [4.78, 5) is 16.4. The minimum atomic E-state index is -0.904. The van der Waals surface area contributed by atoms with Crippen molar-refractivity contribution in [2.24, 2.45) is 0 Å². The average molecular weight is 337 g/mol. The summed E-state index contributed by atoms with van der Waals surface area (Å²) < 4.78 is 11.3. The van der Waals surface area contributed by atoms with Crippen molar-refractivity contribution in [1.82, 2.24) is 10.3 Å². The van der Waals surface area contributed by atoms with Gasteiger partial charge in [0.25, 0.3) is 0 Å². The van der Waals surface area contributed by atoms with Crippen LogP contribution in [0.15, 0.2) is 29.6 Å². The Morgan fingerprint density at radius 2 is 2.23 bits per heavy atom. The first-order chi connectivity index (χ1) is 10.4. The van der Waals surface area contributed by atoms with Gasteiger partial charge in [-0.3, -0.25) is 4.21 Å². The Labute approximate surface area is 136 Å². The molecule has 118 valence electrons. The van der Waals surface area contributed by atoms with Gasteiger partial charge in [0.05, 0.1) is 6.04 Å². The number of anilines is 1. The minimum Gasteiger partial charge on any atom is -0.329 e. The summed E-state index contributed by atoms with van der Waals surface area (Å²) in [5, 5.41) is 8.48. The van der Waals surface area contributed by atoms with Gasteiger partial charge in [0, 0.05) is 39.6 Å². The van der Waals surface area contributed by atoms with Crippen LogP contribution >= 0.6 is 11.3 Å². The van der Waals surface area contributed by atoms with Crippen molar-refractivity contribution in [3.05, 3.63) is 45.9 Å². The molecular formula is C15H19N3O2S2. The molecule has 0 radical (unpaired) electrons. The van der Waals surface area contributed by atoms with Crippen molar-refractivity contribution in [3.8, 4) is 0 Å². The highest BCUT2D eigenvalue weighted by molar-refractivity contribution is 7.83. The van der Waals surface area contributed by atoms with Gasteiger partial charge >= 0.3 is 6.03 Å². The number of hydrogen-bond donors (Lipinski definition) is 2. The number of urea groups is 1. The van der Waals surface area contributed by atoms with Crippen molar-refractivity contribution < 1.29 is 9.00 Å². The second-order valence-corrected chi connectivity index (χ2v) is 7.39. The largest absolute Gasteiger partial charge is 0.329 e. The topological polar surface area (TPSA) is 71.1 Å². The molecule has 0 fully saturated rings. The molecule has 0 saturated heterocycles. The van der Waals surface area contributed by atoms with Gasteiger partial charge in [0.2, 0.25) is 0 Å². The molecule has 1 heterocycles. The van der Waals surface area contributed by atoms with Crippen LogP contribution in [0.25, 0.3) is 0 Å². The van der Waals surface area contributed by atoms with Crippen molar-refractivity contribution in [2.75, 3.05) is 11.6 Å². The van der Waals surface area contributed by atoms with E-state index in [0.717, 1.165) is 16.3 Å². The molecule has 2 amide bonds. The van der Waals surface area contributed by atoms with Crippen LogP contribution in [0.4, 0.5) is 10.5 Å². The molecule has 2 N–H and O–H groups in total. The number of carbonyl (C=O) groups is 1. The maximum absolute atomic E-state index is 12.0. The van der Waals surface area contributed by atoms with Gasteiger partial charge in [0.1, 0.15) is 5.01 Å². The predicted octanol–water partition coefficient (Wildman–Crippen LogP) is 3.21. The van der Waals surface area contributed by atoms with E-state index in [1.54, 1.807) is 12.3 Å². The molecule has 0 aliphatic rings. The zero-order valence-corrected chi connectivity index (χ0v) is 14.4. The van der Waals surface area contributed by atoms with Crippen LogP contribution in [0.3, 0.4) is 0 Å². The Bertz CT molecular complexity index is 685. The molecule has 0 unspecified atom stereocenters. The number of aryl methyl sites for hydroxylation is 1. The van der Waals surface area contributed by atoms with Crippen LogP contribution in [0.2, 0.25) is 0 Å². The lowest BCUT2D eigenvalue weighted by atomic mass is 10.2. The molecule has 1 aromatic heterocycles. The molecule has 0 spiro atoms. The standard InChI is InChI=1S/C15H19N3O2S2/c1-10-8-21-14(16-10)11(2)17-15(19)18-13-6-4-5-12(7-13)9-22(3)20/h4-8,11H,9H2,1-3H3,(H2,17,18,19)/t11-,22+/m1/s1. The molecule has 22 heavy (non-hydrogen) atoms. The zero-order chi connectivity index (χ0) is 16.1. The molecular weight excluding hydrogens is 318 g/mol. The Kier molecular flexibility index (Phi) is 5.68. The van der Waals surface area contributed by atoms with Gasteiger partial charge in [-0.1, -0.05) is 12.1 Å².